The van der Waals surface area contributed by atoms with Crippen molar-refractivity contribution in [2.45, 2.75) is 6.61 Å². The highest BCUT2D eigenvalue weighted by atomic mass is 35.5. The van der Waals surface area contributed by atoms with Crippen molar-refractivity contribution in [3.63, 3.8) is 0 Å². The number of carbonyl (C=O) groups excluding carboxylic acids is 1. The largest absolute Gasteiger partial charge is 0.496 e. The van der Waals surface area contributed by atoms with Gasteiger partial charge in [0.05, 0.1) is 24.8 Å². The molecule has 28 heavy (non-hydrogen) atoms. The van der Waals surface area contributed by atoms with Crippen LogP contribution in [0.2, 0.25) is 5.02 Å². The van der Waals surface area contributed by atoms with Crippen LogP contribution >= 0.6 is 11.6 Å². The minimum atomic E-state index is -3.06. The molecule has 0 radical (unpaired) electrons. The van der Waals surface area contributed by atoms with Crippen LogP contribution in [0.4, 0.5) is 8.78 Å². The van der Waals surface area contributed by atoms with Crippen LogP contribution in [0, 0.1) is 0 Å². The fourth-order valence-electron chi connectivity index (χ4n) is 2.53. The number of methoxy groups -OCH3 is 2. The van der Waals surface area contributed by atoms with E-state index in [9.17, 15) is 13.6 Å². The number of hydrogen-bond donors (Lipinski definition) is 0. The predicted octanol–water partition coefficient (Wildman–Crippen LogP) is 4.30. The molecule has 1 aliphatic heterocycles. The van der Waals surface area contributed by atoms with Crippen molar-refractivity contribution < 1.29 is 32.5 Å². The van der Waals surface area contributed by atoms with Crippen molar-refractivity contribution in [1.29, 1.82) is 0 Å². The molecule has 0 atom stereocenters. The zero-order valence-corrected chi connectivity index (χ0v) is 15.5. The number of carbonyl (C=O) groups is 1. The van der Waals surface area contributed by atoms with Gasteiger partial charge in [0.2, 0.25) is 5.90 Å². The Kier molecular flexibility index (Phi) is 5.79. The highest BCUT2D eigenvalue weighted by molar-refractivity contribution is 6.32. The van der Waals surface area contributed by atoms with Crippen molar-refractivity contribution in [3.05, 3.63) is 58.2 Å². The molecule has 1 heterocycles. The van der Waals surface area contributed by atoms with E-state index < -0.39 is 12.6 Å². The summed E-state index contributed by atoms with van der Waals surface area (Å²) in [4.78, 5) is 16.4. The maximum absolute atomic E-state index is 12.5. The van der Waals surface area contributed by atoms with E-state index in [-0.39, 0.29) is 28.1 Å². The first kappa shape index (κ1) is 19.6. The average Bonchev–Trinajstić information content (AvgIpc) is 3.03. The third-order valence-corrected chi connectivity index (χ3v) is 4.00. The van der Waals surface area contributed by atoms with E-state index in [0.29, 0.717) is 16.9 Å². The maximum atomic E-state index is 12.5. The molecule has 0 spiro atoms. The zero-order chi connectivity index (χ0) is 20.3. The first-order valence-corrected chi connectivity index (χ1v) is 8.29. The molecule has 0 bridgehead atoms. The number of esters is 1. The molecule has 0 saturated heterocycles. The van der Waals surface area contributed by atoms with Crippen LogP contribution in [0.3, 0.4) is 0 Å². The zero-order valence-electron chi connectivity index (χ0n) is 14.7. The summed E-state index contributed by atoms with van der Waals surface area (Å²) < 4.78 is 44.9. The van der Waals surface area contributed by atoms with E-state index in [0.717, 1.165) is 0 Å². The molecule has 9 heteroatoms. The Morgan fingerprint density at radius 3 is 2.54 bits per heavy atom. The number of ether oxygens (including phenoxy) is 4. The molecule has 1 aliphatic rings. The molecule has 0 aromatic heterocycles. The van der Waals surface area contributed by atoms with Gasteiger partial charge in [-0.3, -0.25) is 0 Å². The Bertz CT molecular complexity index is 975. The summed E-state index contributed by atoms with van der Waals surface area (Å²) in [5.41, 5.74) is 0.903. The fraction of sp³-hybridized carbons (Fsp3) is 0.158. The van der Waals surface area contributed by atoms with Gasteiger partial charge in [-0.15, -0.1) is 0 Å². The first-order valence-electron chi connectivity index (χ1n) is 7.91. The average molecular weight is 410 g/mol. The molecule has 2 aromatic carbocycles. The molecule has 0 amide bonds. The van der Waals surface area contributed by atoms with Gasteiger partial charge in [-0.25, -0.2) is 9.79 Å². The highest BCUT2D eigenvalue weighted by Gasteiger charge is 2.26. The molecule has 0 N–H and O–H groups in total. The van der Waals surface area contributed by atoms with Crippen LogP contribution in [0.5, 0.6) is 17.2 Å². The topological polar surface area (TPSA) is 66.3 Å². The van der Waals surface area contributed by atoms with Crippen LogP contribution in [0.15, 0.2) is 47.1 Å². The predicted molar refractivity (Wildman–Crippen MR) is 98.2 cm³/mol. The lowest BCUT2D eigenvalue weighted by atomic mass is 10.1. The summed E-state index contributed by atoms with van der Waals surface area (Å²) in [5.74, 6) is -0.407. The lowest BCUT2D eigenvalue weighted by molar-refractivity contribution is -0.129. The van der Waals surface area contributed by atoms with Crippen molar-refractivity contribution in [2.24, 2.45) is 4.99 Å². The first-order chi connectivity index (χ1) is 13.4. The Balaban J connectivity index is 1.98. The van der Waals surface area contributed by atoms with E-state index >= 15 is 0 Å². The van der Waals surface area contributed by atoms with E-state index in [4.69, 9.17) is 25.8 Å². The SMILES string of the molecule is COc1ccccc1C1=NC(=Cc2cc(Cl)c(OC(F)F)c(OC)c2)C(=O)O1. The number of para-hydroxylation sites is 1. The van der Waals surface area contributed by atoms with Gasteiger partial charge in [-0.05, 0) is 35.9 Å². The van der Waals surface area contributed by atoms with Crippen LogP contribution in [-0.4, -0.2) is 32.7 Å². The summed E-state index contributed by atoms with van der Waals surface area (Å²) in [6.45, 7) is -3.06. The van der Waals surface area contributed by atoms with Crippen LogP contribution in [-0.2, 0) is 9.53 Å². The molecular weight excluding hydrogens is 396 g/mol. The van der Waals surface area contributed by atoms with Crippen LogP contribution in [0.25, 0.3) is 6.08 Å². The number of nitrogens with zero attached hydrogens (tertiary/aromatic N) is 1. The van der Waals surface area contributed by atoms with Crippen molar-refractivity contribution in [2.75, 3.05) is 14.2 Å². The smallest absolute Gasteiger partial charge is 0.387 e. The molecule has 0 saturated carbocycles. The van der Waals surface area contributed by atoms with Gasteiger partial charge in [-0.1, -0.05) is 23.7 Å². The second-order valence-corrected chi connectivity index (χ2v) is 5.86. The van der Waals surface area contributed by atoms with Gasteiger partial charge in [0.1, 0.15) is 5.75 Å². The second kappa shape index (κ2) is 8.26. The van der Waals surface area contributed by atoms with E-state index in [2.05, 4.69) is 9.73 Å². The number of alkyl halides is 2. The number of cyclic esters (lactones) is 1. The van der Waals surface area contributed by atoms with Crippen molar-refractivity contribution in [3.8, 4) is 17.2 Å². The quantitative estimate of drug-likeness (QED) is 0.525. The van der Waals surface area contributed by atoms with Gasteiger partial charge in [0, 0.05) is 0 Å². The highest BCUT2D eigenvalue weighted by Crippen LogP contribution is 2.38. The Labute approximate surface area is 163 Å². The van der Waals surface area contributed by atoms with E-state index in [1.807, 2.05) is 0 Å². The fourth-order valence-corrected chi connectivity index (χ4v) is 2.79. The van der Waals surface area contributed by atoms with Crippen molar-refractivity contribution >= 4 is 29.5 Å². The molecule has 0 unspecified atom stereocenters. The normalized spacial score (nSPS) is 14.9. The lowest BCUT2D eigenvalue weighted by Crippen LogP contribution is -2.07. The molecule has 6 nitrogen and oxygen atoms in total. The summed E-state index contributed by atoms with van der Waals surface area (Å²) >= 11 is 6.01. The minimum Gasteiger partial charge on any atom is -0.496 e. The van der Waals surface area contributed by atoms with E-state index in [1.165, 1.54) is 32.4 Å². The minimum absolute atomic E-state index is 0.00144. The Hall–Kier alpha value is -3.13. The third-order valence-electron chi connectivity index (χ3n) is 3.72. The molecule has 146 valence electrons. The monoisotopic (exact) mass is 409 g/mol. The molecular formula is C19H14ClF2NO5. The van der Waals surface area contributed by atoms with Crippen LogP contribution in [0.1, 0.15) is 11.1 Å². The molecule has 3 rings (SSSR count). The van der Waals surface area contributed by atoms with Gasteiger partial charge in [0.15, 0.2) is 17.2 Å². The van der Waals surface area contributed by atoms with Gasteiger partial charge in [0.25, 0.3) is 0 Å². The molecule has 0 fully saturated rings. The van der Waals surface area contributed by atoms with Gasteiger partial charge in [-0.2, -0.15) is 8.78 Å². The van der Waals surface area contributed by atoms with Gasteiger partial charge < -0.3 is 18.9 Å². The Morgan fingerprint density at radius 1 is 1.14 bits per heavy atom. The number of rotatable bonds is 6. The lowest BCUT2D eigenvalue weighted by Gasteiger charge is -2.12. The van der Waals surface area contributed by atoms with E-state index in [1.54, 1.807) is 24.3 Å². The number of halogens is 3. The summed E-state index contributed by atoms with van der Waals surface area (Å²) in [7, 11) is 2.77. The van der Waals surface area contributed by atoms with Crippen LogP contribution < -0.4 is 14.2 Å². The molecule has 0 aliphatic carbocycles. The second-order valence-electron chi connectivity index (χ2n) is 5.45. The van der Waals surface area contributed by atoms with Gasteiger partial charge >= 0.3 is 12.6 Å². The summed E-state index contributed by atoms with van der Waals surface area (Å²) in [6, 6.07) is 9.67. The Morgan fingerprint density at radius 2 is 1.86 bits per heavy atom. The number of benzene rings is 2. The number of aliphatic imine (C=N–C) groups is 1. The molecule has 2 aromatic rings. The number of hydrogen-bond acceptors (Lipinski definition) is 6. The van der Waals surface area contributed by atoms with Crippen molar-refractivity contribution in [1.82, 2.24) is 0 Å². The third kappa shape index (κ3) is 4.07. The summed E-state index contributed by atoms with van der Waals surface area (Å²) in [5, 5.41) is -0.105. The standard InChI is InChI=1S/C19H14ClF2NO5/c1-25-14-6-4-3-5-11(14)17-23-13(18(24)28-17)8-10-7-12(20)16(27-19(21)22)15(9-10)26-2/h3-9,19H,1-2H3. The summed E-state index contributed by atoms with van der Waals surface area (Å²) in [6.07, 6.45) is 1.39. The maximum Gasteiger partial charge on any atom is 0.387 e.